The van der Waals surface area contributed by atoms with E-state index in [2.05, 4.69) is 0 Å². The van der Waals surface area contributed by atoms with Crippen LogP contribution in [-0.2, 0) is 6.42 Å². The molecule has 0 saturated carbocycles. The van der Waals surface area contributed by atoms with Crippen LogP contribution in [0.25, 0.3) is 0 Å². The number of aliphatic hydroxyl groups is 1. The van der Waals surface area contributed by atoms with E-state index in [0.717, 1.165) is 5.56 Å². The molecule has 0 radical (unpaired) electrons. The average molecular weight is 261 g/mol. The first kappa shape index (κ1) is 13.4. The molecule has 2 aromatic rings. The number of nitrogens with two attached hydrogens (primary N) is 1. The van der Waals surface area contributed by atoms with Gasteiger partial charge in [0.05, 0.1) is 13.2 Å². The number of benzene rings is 2. The Hall–Kier alpha value is -2.07. The van der Waals surface area contributed by atoms with Crippen molar-refractivity contribution in [1.82, 2.24) is 0 Å². The van der Waals surface area contributed by atoms with E-state index in [4.69, 9.17) is 10.5 Å². The molecule has 1 atom stereocenters. The fourth-order valence-electron chi connectivity index (χ4n) is 1.94. The minimum absolute atomic E-state index is 0.196. The van der Waals surface area contributed by atoms with Crippen LogP contribution in [-0.4, -0.2) is 12.2 Å². The predicted octanol–water partition coefficient (Wildman–Crippen LogP) is 2.69. The van der Waals surface area contributed by atoms with E-state index < -0.39 is 11.9 Å². The molecule has 0 fully saturated rings. The van der Waals surface area contributed by atoms with Gasteiger partial charge in [0.1, 0.15) is 0 Å². The SMILES string of the molecule is COc1ccc(CC(O)c2cccc(N)c2)cc1F. The van der Waals surface area contributed by atoms with Crippen molar-refractivity contribution in [1.29, 1.82) is 0 Å². The third-order valence-electron chi connectivity index (χ3n) is 2.94. The molecule has 100 valence electrons. The monoisotopic (exact) mass is 261 g/mol. The molecule has 4 heteroatoms. The lowest BCUT2D eigenvalue weighted by Gasteiger charge is -2.12. The summed E-state index contributed by atoms with van der Waals surface area (Å²) in [7, 11) is 1.42. The number of ether oxygens (including phenoxy) is 1. The Morgan fingerprint density at radius 3 is 2.68 bits per heavy atom. The number of nitrogen functional groups attached to an aromatic ring is 1. The van der Waals surface area contributed by atoms with Gasteiger partial charge in [0.2, 0.25) is 0 Å². The second-order valence-electron chi connectivity index (χ2n) is 4.36. The number of anilines is 1. The second kappa shape index (κ2) is 5.71. The molecule has 2 rings (SSSR count). The van der Waals surface area contributed by atoms with Gasteiger partial charge in [-0.1, -0.05) is 18.2 Å². The number of rotatable bonds is 4. The summed E-state index contributed by atoms with van der Waals surface area (Å²) < 4.78 is 18.4. The molecule has 0 aliphatic carbocycles. The standard InChI is InChI=1S/C15H16FNO2/c1-19-15-6-5-10(7-13(15)16)8-14(18)11-3-2-4-12(17)9-11/h2-7,9,14,18H,8,17H2,1H3. The summed E-state index contributed by atoms with van der Waals surface area (Å²) in [5.41, 5.74) is 7.68. The largest absolute Gasteiger partial charge is 0.494 e. The number of halogens is 1. The molecule has 0 aliphatic heterocycles. The molecular weight excluding hydrogens is 245 g/mol. The highest BCUT2D eigenvalue weighted by molar-refractivity contribution is 5.41. The Bertz CT molecular complexity index is 572. The smallest absolute Gasteiger partial charge is 0.165 e. The van der Waals surface area contributed by atoms with Gasteiger partial charge in [-0.05, 0) is 35.4 Å². The zero-order valence-electron chi connectivity index (χ0n) is 10.6. The molecule has 19 heavy (non-hydrogen) atoms. The lowest BCUT2D eigenvalue weighted by Crippen LogP contribution is -2.03. The van der Waals surface area contributed by atoms with Crippen molar-refractivity contribution in [2.24, 2.45) is 0 Å². The molecule has 3 N–H and O–H groups in total. The number of methoxy groups -OCH3 is 1. The normalized spacial score (nSPS) is 12.2. The summed E-state index contributed by atoms with van der Waals surface area (Å²) in [5, 5.41) is 10.1. The van der Waals surface area contributed by atoms with E-state index in [0.29, 0.717) is 17.7 Å². The van der Waals surface area contributed by atoms with Crippen molar-refractivity contribution >= 4 is 5.69 Å². The van der Waals surface area contributed by atoms with Crippen molar-refractivity contribution in [3.8, 4) is 5.75 Å². The number of aliphatic hydroxyl groups excluding tert-OH is 1. The Morgan fingerprint density at radius 1 is 1.26 bits per heavy atom. The lowest BCUT2D eigenvalue weighted by molar-refractivity contribution is 0.178. The summed E-state index contributed by atoms with van der Waals surface area (Å²) in [5.74, 6) is -0.234. The summed E-state index contributed by atoms with van der Waals surface area (Å²) in [6.07, 6.45) is -0.388. The van der Waals surface area contributed by atoms with E-state index in [1.807, 2.05) is 0 Å². The van der Waals surface area contributed by atoms with Gasteiger partial charge in [-0.25, -0.2) is 4.39 Å². The highest BCUT2D eigenvalue weighted by atomic mass is 19.1. The van der Waals surface area contributed by atoms with Crippen LogP contribution in [0, 0.1) is 5.82 Å². The Kier molecular flexibility index (Phi) is 4.02. The average Bonchev–Trinajstić information content (AvgIpc) is 2.39. The molecule has 0 aliphatic rings. The zero-order valence-corrected chi connectivity index (χ0v) is 10.6. The number of hydrogen-bond donors (Lipinski definition) is 2. The maximum atomic E-state index is 13.5. The molecule has 0 spiro atoms. The fraction of sp³-hybridized carbons (Fsp3) is 0.200. The van der Waals surface area contributed by atoms with Gasteiger partial charge in [0.25, 0.3) is 0 Å². The first-order chi connectivity index (χ1) is 9.10. The van der Waals surface area contributed by atoms with Crippen molar-refractivity contribution in [3.63, 3.8) is 0 Å². The van der Waals surface area contributed by atoms with Gasteiger partial charge in [0.15, 0.2) is 11.6 Å². The molecule has 3 nitrogen and oxygen atoms in total. The fourth-order valence-corrected chi connectivity index (χ4v) is 1.94. The third kappa shape index (κ3) is 3.23. The highest BCUT2D eigenvalue weighted by Crippen LogP contribution is 2.23. The van der Waals surface area contributed by atoms with Crippen LogP contribution < -0.4 is 10.5 Å². The minimum atomic E-state index is -0.712. The van der Waals surface area contributed by atoms with E-state index in [1.165, 1.54) is 13.2 Å². The van der Waals surface area contributed by atoms with Crippen LogP contribution in [0.2, 0.25) is 0 Å². The third-order valence-corrected chi connectivity index (χ3v) is 2.94. The predicted molar refractivity (Wildman–Crippen MR) is 72.5 cm³/mol. The molecular formula is C15H16FNO2. The summed E-state index contributed by atoms with van der Waals surface area (Å²) in [6, 6.07) is 11.7. The van der Waals surface area contributed by atoms with Gasteiger partial charge in [0, 0.05) is 12.1 Å². The van der Waals surface area contributed by atoms with E-state index in [1.54, 1.807) is 36.4 Å². The van der Waals surface area contributed by atoms with Crippen molar-refractivity contribution in [2.75, 3.05) is 12.8 Å². The molecule has 2 aromatic carbocycles. The summed E-state index contributed by atoms with van der Waals surface area (Å²) in [6.45, 7) is 0. The van der Waals surface area contributed by atoms with Crippen LogP contribution in [0.15, 0.2) is 42.5 Å². The first-order valence-electron chi connectivity index (χ1n) is 5.96. The van der Waals surface area contributed by atoms with Crippen molar-refractivity contribution < 1.29 is 14.2 Å². The van der Waals surface area contributed by atoms with Gasteiger partial charge in [-0.3, -0.25) is 0 Å². The topological polar surface area (TPSA) is 55.5 Å². The minimum Gasteiger partial charge on any atom is -0.494 e. The van der Waals surface area contributed by atoms with E-state index in [-0.39, 0.29) is 5.75 Å². The molecule has 0 saturated heterocycles. The van der Waals surface area contributed by atoms with Crippen LogP contribution in [0.1, 0.15) is 17.2 Å². The quantitative estimate of drug-likeness (QED) is 0.832. The van der Waals surface area contributed by atoms with E-state index in [9.17, 15) is 9.50 Å². The highest BCUT2D eigenvalue weighted by Gasteiger charge is 2.11. The second-order valence-corrected chi connectivity index (χ2v) is 4.36. The molecule has 1 unspecified atom stereocenters. The number of hydrogen-bond acceptors (Lipinski definition) is 3. The lowest BCUT2D eigenvalue weighted by atomic mass is 10.0. The molecule has 0 aromatic heterocycles. The summed E-state index contributed by atoms with van der Waals surface area (Å²) >= 11 is 0. The van der Waals surface area contributed by atoms with Gasteiger partial charge in [-0.2, -0.15) is 0 Å². The van der Waals surface area contributed by atoms with Crippen LogP contribution in [0.4, 0.5) is 10.1 Å². The maximum absolute atomic E-state index is 13.5. The van der Waals surface area contributed by atoms with Crippen molar-refractivity contribution in [3.05, 3.63) is 59.4 Å². The maximum Gasteiger partial charge on any atom is 0.165 e. The summed E-state index contributed by atoms with van der Waals surface area (Å²) in [4.78, 5) is 0. The van der Waals surface area contributed by atoms with Crippen LogP contribution >= 0.6 is 0 Å². The zero-order chi connectivity index (χ0) is 13.8. The van der Waals surface area contributed by atoms with Crippen LogP contribution in [0.3, 0.4) is 0 Å². The van der Waals surface area contributed by atoms with E-state index >= 15 is 0 Å². The Labute approximate surface area is 111 Å². The Balaban J connectivity index is 2.14. The molecule has 0 bridgehead atoms. The molecule has 0 amide bonds. The first-order valence-corrected chi connectivity index (χ1v) is 5.96. The molecule has 0 heterocycles. The van der Waals surface area contributed by atoms with Gasteiger partial charge in [-0.15, -0.1) is 0 Å². The Morgan fingerprint density at radius 2 is 2.05 bits per heavy atom. The van der Waals surface area contributed by atoms with Gasteiger partial charge < -0.3 is 15.6 Å². The van der Waals surface area contributed by atoms with Crippen LogP contribution in [0.5, 0.6) is 5.75 Å². The van der Waals surface area contributed by atoms with Crippen molar-refractivity contribution in [2.45, 2.75) is 12.5 Å². The van der Waals surface area contributed by atoms with Gasteiger partial charge >= 0.3 is 0 Å².